The minimum Gasteiger partial charge on any atom is -0.493 e. The molecule has 0 bridgehead atoms. The highest BCUT2D eigenvalue weighted by molar-refractivity contribution is 6.32. The number of unbranched alkanes of at least 4 members (excludes halogenated alkanes) is 1. The zero-order valence-corrected chi connectivity index (χ0v) is 12.6. The van der Waals surface area contributed by atoms with Crippen LogP contribution in [0.1, 0.15) is 25.3 Å². The van der Waals surface area contributed by atoms with Crippen LogP contribution in [-0.4, -0.2) is 26.2 Å². The van der Waals surface area contributed by atoms with E-state index in [0.717, 1.165) is 18.4 Å². The third kappa shape index (κ3) is 4.90. The average Bonchev–Trinajstić information content (AvgIpc) is 2.45. The van der Waals surface area contributed by atoms with Gasteiger partial charge in [0.2, 0.25) is 0 Å². The largest absolute Gasteiger partial charge is 0.493 e. The van der Waals surface area contributed by atoms with Crippen LogP contribution < -0.4 is 20.5 Å². The SMILES string of the molecule is CCCCNC(=O)COc1c(Cl)cc(CN)cc1OC. The molecular weight excluding hydrogens is 280 g/mol. The topological polar surface area (TPSA) is 73.6 Å². The molecule has 0 aliphatic carbocycles. The third-order valence-corrected chi connectivity index (χ3v) is 3.01. The number of hydrogen-bond donors (Lipinski definition) is 2. The summed E-state index contributed by atoms with van der Waals surface area (Å²) < 4.78 is 10.6. The number of carbonyl (C=O) groups is 1. The number of rotatable bonds is 8. The molecule has 0 atom stereocenters. The molecule has 6 heteroatoms. The first kappa shape index (κ1) is 16.6. The highest BCUT2D eigenvalue weighted by atomic mass is 35.5. The molecule has 0 aliphatic heterocycles. The molecule has 0 heterocycles. The van der Waals surface area contributed by atoms with Crippen molar-refractivity contribution in [3.8, 4) is 11.5 Å². The first-order chi connectivity index (χ1) is 9.62. The van der Waals surface area contributed by atoms with E-state index >= 15 is 0 Å². The third-order valence-electron chi connectivity index (χ3n) is 2.73. The summed E-state index contributed by atoms with van der Waals surface area (Å²) in [6, 6.07) is 3.45. The van der Waals surface area contributed by atoms with Gasteiger partial charge in [-0.25, -0.2) is 0 Å². The second kappa shape index (κ2) is 8.66. The molecule has 0 radical (unpaired) electrons. The van der Waals surface area contributed by atoms with Crippen molar-refractivity contribution in [3.05, 3.63) is 22.7 Å². The van der Waals surface area contributed by atoms with E-state index in [9.17, 15) is 4.79 Å². The zero-order chi connectivity index (χ0) is 15.0. The molecule has 0 saturated carbocycles. The minimum absolute atomic E-state index is 0.0955. The molecule has 112 valence electrons. The number of amides is 1. The Hall–Kier alpha value is -1.46. The van der Waals surface area contributed by atoms with E-state index in [2.05, 4.69) is 12.2 Å². The molecule has 5 nitrogen and oxygen atoms in total. The summed E-state index contributed by atoms with van der Waals surface area (Å²) >= 11 is 6.11. The molecular formula is C14H21ClN2O3. The molecule has 1 aromatic rings. The van der Waals surface area contributed by atoms with Crippen LogP contribution in [0.2, 0.25) is 5.02 Å². The predicted octanol–water partition coefficient (Wildman–Crippen LogP) is 2.10. The average molecular weight is 301 g/mol. The fourth-order valence-electron chi connectivity index (χ4n) is 1.62. The van der Waals surface area contributed by atoms with Crippen molar-refractivity contribution < 1.29 is 14.3 Å². The lowest BCUT2D eigenvalue weighted by atomic mass is 10.2. The van der Waals surface area contributed by atoms with Crippen LogP contribution in [0.25, 0.3) is 0 Å². The van der Waals surface area contributed by atoms with Gasteiger partial charge in [0.25, 0.3) is 5.91 Å². The van der Waals surface area contributed by atoms with Crippen LogP contribution in [0.15, 0.2) is 12.1 Å². The lowest BCUT2D eigenvalue weighted by Gasteiger charge is -2.13. The summed E-state index contributed by atoms with van der Waals surface area (Å²) in [6.45, 7) is 2.97. The number of hydrogen-bond acceptors (Lipinski definition) is 4. The van der Waals surface area contributed by atoms with Gasteiger partial charge in [0.1, 0.15) is 0 Å². The summed E-state index contributed by atoms with van der Waals surface area (Å²) in [7, 11) is 1.51. The zero-order valence-electron chi connectivity index (χ0n) is 11.9. The monoisotopic (exact) mass is 300 g/mol. The second-order valence-corrected chi connectivity index (χ2v) is 4.71. The quantitative estimate of drug-likeness (QED) is 0.721. The highest BCUT2D eigenvalue weighted by Crippen LogP contribution is 2.36. The van der Waals surface area contributed by atoms with Gasteiger partial charge in [-0.15, -0.1) is 0 Å². The van der Waals surface area contributed by atoms with Crippen molar-refractivity contribution in [2.24, 2.45) is 5.73 Å². The van der Waals surface area contributed by atoms with Gasteiger partial charge in [-0.3, -0.25) is 4.79 Å². The Morgan fingerprint density at radius 1 is 1.45 bits per heavy atom. The molecule has 0 aliphatic rings. The first-order valence-electron chi connectivity index (χ1n) is 6.58. The summed E-state index contributed by atoms with van der Waals surface area (Å²) in [5.74, 6) is 0.649. The Balaban J connectivity index is 2.65. The fourth-order valence-corrected chi connectivity index (χ4v) is 1.91. The Bertz CT molecular complexity index is 452. The van der Waals surface area contributed by atoms with Gasteiger partial charge in [-0.05, 0) is 24.1 Å². The highest BCUT2D eigenvalue weighted by Gasteiger charge is 2.13. The van der Waals surface area contributed by atoms with E-state index in [-0.39, 0.29) is 12.5 Å². The van der Waals surface area contributed by atoms with Crippen LogP contribution in [0.3, 0.4) is 0 Å². The summed E-state index contributed by atoms with van der Waals surface area (Å²) in [4.78, 5) is 11.6. The molecule has 1 aromatic carbocycles. The van der Waals surface area contributed by atoms with Crippen LogP contribution in [0.4, 0.5) is 0 Å². The van der Waals surface area contributed by atoms with E-state index < -0.39 is 0 Å². The molecule has 1 rings (SSSR count). The molecule has 20 heavy (non-hydrogen) atoms. The maximum absolute atomic E-state index is 11.6. The molecule has 0 unspecified atom stereocenters. The van der Waals surface area contributed by atoms with Crippen molar-refractivity contribution in [1.29, 1.82) is 0 Å². The maximum Gasteiger partial charge on any atom is 0.257 e. The fraction of sp³-hybridized carbons (Fsp3) is 0.500. The van der Waals surface area contributed by atoms with E-state index in [0.29, 0.717) is 29.6 Å². The van der Waals surface area contributed by atoms with Crippen molar-refractivity contribution in [2.45, 2.75) is 26.3 Å². The van der Waals surface area contributed by atoms with Crippen LogP contribution in [-0.2, 0) is 11.3 Å². The molecule has 1 amide bonds. The molecule has 3 N–H and O–H groups in total. The maximum atomic E-state index is 11.6. The summed E-state index contributed by atoms with van der Waals surface area (Å²) in [6.07, 6.45) is 1.97. The lowest BCUT2D eigenvalue weighted by molar-refractivity contribution is -0.123. The van der Waals surface area contributed by atoms with E-state index in [1.807, 2.05) is 0 Å². The van der Waals surface area contributed by atoms with Gasteiger partial charge < -0.3 is 20.5 Å². The van der Waals surface area contributed by atoms with Crippen LogP contribution in [0.5, 0.6) is 11.5 Å². The number of ether oxygens (including phenoxy) is 2. The summed E-state index contributed by atoms with van der Waals surface area (Å²) in [5, 5.41) is 3.15. The Morgan fingerprint density at radius 3 is 2.80 bits per heavy atom. The Kier molecular flexibility index (Phi) is 7.18. The molecule has 0 saturated heterocycles. The van der Waals surface area contributed by atoms with Crippen molar-refractivity contribution in [1.82, 2.24) is 5.32 Å². The number of nitrogens with one attached hydrogen (secondary N) is 1. The van der Waals surface area contributed by atoms with Crippen molar-refractivity contribution in [3.63, 3.8) is 0 Å². The standard InChI is InChI=1S/C14H21ClN2O3/c1-3-4-5-17-13(18)9-20-14-11(15)6-10(8-16)7-12(14)19-2/h6-7H,3-5,8-9,16H2,1-2H3,(H,17,18). The Labute approximate surface area is 124 Å². The molecule has 0 fully saturated rings. The van der Waals surface area contributed by atoms with E-state index in [1.165, 1.54) is 7.11 Å². The van der Waals surface area contributed by atoms with Gasteiger partial charge >= 0.3 is 0 Å². The minimum atomic E-state index is -0.181. The van der Waals surface area contributed by atoms with E-state index in [4.69, 9.17) is 26.8 Å². The van der Waals surface area contributed by atoms with Gasteiger partial charge in [0, 0.05) is 13.1 Å². The number of carbonyl (C=O) groups excluding carboxylic acids is 1. The summed E-state index contributed by atoms with van der Waals surface area (Å²) in [5.41, 5.74) is 6.40. The van der Waals surface area contributed by atoms with Crippen molar-refractivity contribution in [2.75, 3.05) is 20.3 Å². The Morgan fingerprint density at radius 2 is 2.20 bits per heavy atom. The van der Waals surface area contributed by atoms with Gasteiger partial charge in [0.05, 0.1) is 12.1 Å². The van der Waals surface area contributed by atoms with Gasteiger partial charge in [-0.2, -0.15) is 0 Å². The predicted molar refractivity (Wildman–Crippen MR) is 79.3 cm³/mol. The number of benzene rings is 1. The second-order valence-electron chi connectivity index (χ2n) is 4.31. The van der Waals surface area contributed by atoms with Crippen molar-refractivity contribution >= 4 is 17.5 Å². The smallest absolute Gasteiger partial charge is 0.257 e. The lowest BCUT2D eigenvalue weighted by Crippen LogP contribution is -2.29. The number of methoxy groups -OCH3 is 1. The van der Waals surface area contributed by atoms with E-state index in [1.54, 1.807) is 12.1 Å². The van der Waals surface area contributed by atoms with Crippen LogP contribution >= 0.6 is 11.6 Å². The number of halogens is 1. The van der Waals surface area contributed by atoms with Gasteiger partial charge in [0.15, 0.2) is 18.1 Å². The van der Waals surface area contributed by atoms with Crippen LogP contribution in [0, 0.1) is 0 Å². The normalized spacial score (nSPS) is 10.2. The van der Waals surface area contributed by atoms with Gasteiger partial charge in [-0.1, -0.05) is 24.9 Å². The first-order valence-corrected chi connectivity index (χ1v) is 6.96. The number of nitrogens with two attached hydrogens (primary N) is 1. The molecule has 0 aromatic heterocycles. The molecule has 0 spiro atoms.